The van der Waals surface area contributed by atoms with E-state index in [4.69, 9.17) is 59.7 Å². The van der Waals surface area contributed by atoms with Crippen molar-refractivity contribution in [3.63, 3.8) is 0 Å². The van der Waals surface area contributed by atoms with Crippen LogP contribution in [0.2, 0.25) is 0 Å². The molecule has 7 rings (SSSR count). The number of esters is 4. The quantitative estimate of drug-likeness (QED) is 0.0419. The molecule has 0 aromatic heterocycles. The molecule has 0 saturated carbocycles. The van der Waals surface area contributed by atoms with Gasteiger partial charge in [-0.1, -0.05) is 103 Å². The molecular weight excluding hydrogens is 980 g/mol. The second-order valence-electron chi connectivity index (χ2n) is 18.5. The summed E-state index contributed by atoms with van der Waals surface area (Å²) in [6.07, 6.45) is 0. The van der Waals surface area contributed by atoms with Gasteiger partial charge in [0.1, 0.15) is 26.4 Å². The summed E-state index contributed by atoms with van der Waals surface area (Å²) in [6.45, 7) is 6.63. The molecule has 2 saturated heterocycles. The second-order valence-corrected chi connectivity index (χ2v) is 18.8. The Hall–Kier alpha value is -6.38. The van der Waals surface area contributed by atoms with E-state index in [-0.39, 0.29) is 52.9 Å². The third-order valence-electron chi connectivity index (χ3n) is 11.3. The van der Waals surface area contributed by atoms with Gasteiger partial charge in [0.05, 0.1) is 91.4 Å². The second kappa shape index (κ2) is 29.5. The molecule has 2 aliphatic rings. The third-order valence-corrected chi connectivity index (χ3v) is 11.5. The Kier molecular flexibility index (Phi) is 24.0. The summed E-state index contributed by atoms with van der Waals surface area (Å²) < 4.78 is 43.4. The zero-order valence-corrected chi connectivity index (χ0v) is 42.6. The van der Waals surface area contributed by atoms with E-state index in [1.807, 2.05) is 45.9 Å². The topological polar surface area (TPSA) is 240 Å². The van der Waals surface area contributed by atoms with Crippen molar-refractivity contribution >= 4 is 40.7 Å². The third kappa shape index (κ3) is 19.8. The van der Waals surface area contributed by atoms with Crippen LogP contribution in [0.1, 0.15) is 79.5 Å². The molecule has 0 radical (unpaired) electrons. The minimum atomic E-state index is -1.27. The summed E-state index contributed by atoms with van der Waals surface area (Å²) in [4.78, 5) is 59.0. The number of carbonyl (C=O) groups is 5. The zero-order valence-electron chi connectivity index (χ0n) is 41.9. The number of ether oxygens (including phenoxy) is 8. The van der Waals surface area contributed by atoms with Gasteiger partial charge in [-0.2, -0.15) is 0 Å². The first-order chi connectivity index (χ1) is 35.3. The fraction of sp³-hybridized carbons (Fsp3) is 0.375. The van der Waals surface area contributed by atoms with Gasteiger partial charge in [0.2, 0.25) is 0 Å². The molecule has 5 aromatic rings. The predicted octanol–water partition coefficient (Wildman–Crippen LogP) is 6.95. The van der Waals surface area contributed by atoms with Crippen molar-refractivity contribution < 1.29 is 82.3 Å². The van der Waals surface area contributed by atoms with E-state index < -0.39 is 70.2 Å². The normalized spacial score (nSPS) is 15.8. The molecule has 74 heavy (non-hydrogen) atoms. The summed E-state index contributed by atoms with van der Waals surface area (Å²) >= 11 is 5.16. The van der Waals surface area contributed by atoms with Crippen LogP contribution in [0.4, 0.5) is 0 Å². The fourth-order valence-corrected chi connectivity index (χ4v) is 6.39. The Balaban J connectivity index is 0.000000233. The molecule has 17 nitrogen and oxygen atoms in total. The summed E-state index contributed by atoms with van der Waals surface area (Å²) in [5.41, 5.74) is -0.496. The first-order valence-corrected chi connectivity index (χ1v) is 23.8. The summed E-state index contributed by atoms with van der Waals surface area (Å²) in [5.74, 6) is -3.38. The Morgan fingerprint density at radius 1 is 0.432 bits per heavy atom. The van der Waals surface area contributed by atoms with Gasteiger partial charge in [0.25, 0.3) is 5.24 Å². The van der Waals surface area contributed by atoms with Crippen LogP contribution in [0.15, 0.2) is 152 Å². The number of carbonyl (C=O) groups excluding carboxylic acids is 5. The van der Waals surface area contributed by atoms with Gasteiger partial charge in [-0.15, -0.1) is 0 Å². The first-order valence-electron chi connectivity index (χ1n) is 23.5. The van der Waals surface area contributed by atoms with E-state index in [1.165, 1.54) is 0 Å². The summed E-state index contributed by atoms with van der Waals surface area (Å²) in [6, 6.07) is 42.9. The lowest BCUT2D eigenvalue weighted by Crippen LogP contribution is -2.51. The molecule has 0 atom stereocenters. The van der Waals surface area contributed by atoms with Crippen LogP contribution < -0.4 is 0 Å². The molecule has 0 spiro atoms. The van der Waals surface area contributed by atoms with Crippen LogP contribution in [0, 0.1) is 16.2 Å². The highest BCUT2D eigenvalue weighted by Crippen LogP contribution is 2.32. The Morgan fingerprint density at radius 2 is 0.689 bits per heavy atom. The fourth-order valence-electron chi connectivity index (χ4n) is 6.26. The highest BCUT2D eigenvalue weighted by molar-refractivity contribution is 6.67. The van der Waals surface area contributed by atoms with Crippen molar-refractivity contribution in [2.75, 3.05) is 79.3 Å². The molecule has 4 N–H and O–H groups in total. The average molecular weight is 1050 g/mol. The number of halogens is 1. The molecule has 2 aliphatic heterocycles. The number of benzene rings is 5. The number of aliphatic hydroxyl groups excluding tert-OH is 4. The average Bonchev–Trinajstić information content (AvgIpc) is 3.44. The van der Waals surface area contributed by atoms with Gasteiger partial charge in [-0.05, 0) is 87.8 Å². The van der Waals surface area contributed by atoms with Crippen molar-refractivity contribution in [2.45, 2.75) is 39.3 Å². The minimum Gasteiger partial charge on any atom is -0.461 e. The van der Waals surface area contributed by atoms with E-state index in [0.29, 0.717) is 41.0 Å². The highest BCUT2D eigenvalue weighted by atomic mass is 35.5. The molecule has 0 unspecified atom stereocenters. The lowest BCUT2D eigenvalue weighted by molar-refractivity contribution is -0.295. The van der Waals surface area contributed by atoms with Gasteiger partial charge in [-0.25, -0.2) is 19.2 Å². The van der Waals surface area contributed by atoms with Gasteiger partial charge < -0.3 is 58.3 Å². The minimum absolute atomic E-state index is 0.0128. The maximum Gasteiger partial charge on any atom is 0.338 e. The van der Waals surface area contributed by atoms with Crippen LogP contribution in [0.25, 0.3) is 0 Å². The Morgan fingerprint density at radius 3 is 0.932 bits per heavy atom. The highest BCUT2D eigenvalue weighted by Gasteiger charge is 2.43. The Bertz CT molecular complexity index is 2330. The first kappa shape index (κ1) is 60.2. The molecule has 0 aliphatic carbocycles. The van der Waals surface area contributed by atoms with Crippen molar-refractivity contribution in [1.82, 2.24) is 0 Å². The maximum atomic E-state index is 12.3. The van der Waals surface area contributed by atoms with E-state index in [2.05, 4.69) is 0 Å². The van der Waals surface area contributed by atoms with Gasteiger partial charge in [-0.3, -0.25) is 4.79 Å². The monoisotopic (exact) mass is 1040 g/mol. The molecule has 0 bridgehead atoms. The molecule has 18 heteroatoms. The largest absolute Gasteiger partial charge is 0.461 e. The van der Waals surface area contributed by atoms with Crippen LogP contribution in [-0.4, -0.2) is 140 Å². The maximum absolute atomic E-state index is 12.3. The molecular formula is C56H65ClO17. The van der Waals surface area contributed by atoms with Crippen molar-refractivity contribution in [3.05, 3.63) is 179 Å². The predicted molar refractivity (Wildman–Crippen MR) is 271 cm³/mol. The molecule has 2 fully saturated rings. The molecule has 0 amide bonds. The van der Waals surface area contributed by atoms with Gasteiger partial charge in [0, 0.05) is 5.56 Å². The molecule has 5 aromatic carbocycles. The van der Waals surface area contributed by atoms with Crippen molar-refractivity contribution in [1.29, 1.82) is 0 Å². The standard InChI is InChI=1S/C22H24O6.C19H20O6.C8H16O4.C7H5ClO/c1-21(2)27-15-22(16-28-21,13-25-19(23)17-9-5-3-6-10-17)14-26-20(24)18-11-7-4-8-12-18;20-11-19(12-21,13-24-17(22)15-7-3-1-4-8-15)14-25-18(23)16-9-5-2-6-10-16;1-7(2)11-5-8(3-9,4-10)6-12-7;8-7(9)6-4-2-1-3-5-6/h3-12H,13-16H2,1-2H3;1-10,20-21H,11-14H2;9-10H,3-6H2,1-2H3;1-5H. The van der Waals surface area contributed by atoms with Crippen molar-refractivity contribution in [3.8, 4) is 0 Å². The lowest BCUT2D eigenvalue weighted by atomic mass is 9.91. The number of rotatable bonds is 17. The number of hydrogen-bond acceptors (Lipinski definition) is 17. The lowest BCUT2D eigenvalue weighted by Gasteiger charge is -2.42. The number of aliphatic hydroxyl groups is 4. The smallest absolute Gasteiger partial charge is 0.338 e. The SMILES string of the molecule is CC1(C)OCC(CO)(CO)CO1.CC1(C)OCC(COC(=O)c2ccccc2)(COC(=O)c2ccccc2)CO1.O=C(Cl)c1ccccc1.O=C(OCC(CO)(CO)COC(=O)c1ccccc1)c1ccccc1. The summed E-state index contributed by atoms with van der Waals surface area (Å²) in [7, 11) is 0. The van der Waals surface area contributed by atoms with E-state index >= 15 is 0 Å². The zero-order chi connectivity index (χ0) is 54.1. The van der Waals surface area contributed by atoms with Crippen LogP contribution in [0.5, 0.6) is 0 Å². The summed E-state index contributed by atoms with van der Waals surface area (Å²) in [5, 5.41) is 36.8. The van der Waals surface area contributed by atoms with Crippen LogP contribution in [-0.2, 0) is 37.9 Å². The molecule has 2 heterocycles. The van der Waals surface area contributed by atoms with E-state index in [1.54, 1.807) is 133 Å². The Labute approximate surface area is 435 Å². The number of hydrogen-bond donors (Lipinski definition) is 4. The molecule has 398 valence electrons. The van der Waals surface area contributed by atoms with Crippen LogP contribution >= 0.6 is 11.6 Å². The van der Waals surface area contributed by atoms with E-state index in [9.17, 15) is 34.2 Å². The van der Waals surface area contributed by atoms with Crippen molar-refractivity contribution in [2.24, 2.45) is 16.2 Å². The van der Waals surface area contributed by atoms with Gasteiger partial charge >= 0.3 is 23.9 Å². The van der Waals surface area contributed by atoms with Gasteiger partial charge in [0.15, 0.2) is 11.6 Å². The van der Waals surface area contributed by atoms with E-state index in [0.717, 1.165) is 0 Å². The van der Waals surface area contributed by atoms with Crippen LogP contribution in [0.3, 0.4) is 0 Å².